The normalized spacial score (nSPS) is 12.5. The Morgan fingerprint density at radius 3 is 2.37 bits per heavy atom. The van der Waals surface area contributed by atoms with Gasteiger partial charge in [-0.2, -0.15) is 0 Å². The second kappa shape index (κ2) is 5.75. The maximum Gasteiger partial charge on any atom is 0.137 e. The van der Waals surface area contributed by atoms with Crippen LogP contribution >= 0.6 is 15.9 Å². The quantitative estimate of drug-likeness (QED) is 0.896. The number of halogens is 4. The average molecular weight is 331 g/mol. The fraction of sp³-hybridized carbons (Fsp3) is 0.143. The van der Waals surface area contributed by atoms with Crippen molar-refractivity contribution < 1.29 is 18.3 Å². The van der Waals surface area contributed by atoms with E-state index in [0.29, 0.717) is 5.56 Å². The average Bonchev–Trinajstić information content (AvgIpc) is 2.33. The molecule has 0 aliphatic carbocycles. The van der Waals surface area contributed by atoms with E-state index in [1.54, 1.807) is 0 Å². The summed E-state index contributed by atoms with van der Waals surface area (Å²) in [5.74, 6) is -1.90. The van der Waals surface area contributed by atoms with Gasteiger partial charge in [-0.25, -0.2) is 13.2 Å². The number of aliphatic hydroxyl groups is 1. The van der Waals surface area contributed by atoms with Gasteiger partial charge in [0, 0.05) is 18.1 Å². The monoisotopic (exact) mass is 330 g/mol. The van der Waals surface area contributed by atoms with Crippen molar-refractivity contribution in [1.29, 1.82) is 0 Å². The third-order valence-electron chi connectivity index (χ3n) is 2.73. The van der Waals surface area contributed by atoms with Crippen LogP contribution in [0.4, 0.5) is 13.2 Å². The number of hydrogen-bond donors (Lipinski definition) is 1. The first-order valence-electron chi connectivity index (χ1n) is 5.54. The van der Waals surface area contributed by atoms with Crippen molar-refractivity contribution in [3.63, 3.8) is 0 Å². The molecule has 100 valence electrons. The molecule has 19 heavy (non-hydrogen) atoms. The second-order valence-corrected chi connectivity index (χ2v) is 4.99. The minimum Gasteiger partial charge on any atom is -0.388 e. The highest BCUT2D eigenvalue weighted by Crippen LogP contribution is 2.24. The molecule has 0 aliphatic heterocycles. The van der Waals surface area contributed by atoms with Crippen molar-refractivity contribution in [2.45, 2.75) is 12.5 Å². The van der Waals surface area contributed by atoms with Gasteiger partial charge in [0.15, 0.2) is 0 Å². The third kappa shape index (κ3) is 3.36. The Morgan fingerprint density at radius 1 is 1.00 bits per heavy atom. The van der Waals surface area contributed by atoms with Crippen LogP contribution in [-0.2, 0) is 6.42 Å². The van der Waals surface area contributed by atoms with Crippen LogP contribution in [0, 0.1) is 17.5 Å². The van der Waals surface area contributed by atoms with E-state index >= 15 is 0 Å². The Bertz CT molecular complexity index is 601. The van der Waals surface area contributed by atoms with E-state index in [0.717, 1.165) is 12.1 Å². The predicted molar refractivity (Wildman–Crippen MR) is 69.1 cm³/mol. The van der Waals surface area contributed by atoms with Crippen LogP contribution in [-0.4, -0.2) is 5.11 Å². The van der Waals surface area contributed by atoms with E-state index in [1.165, 1.54) is 24.3 Å². The van der Waals surface area contributed by atoms with E-state index in [9.17, 15) is 18.3 Å². The van der Waals surface area contributed by atoms with Crippen molar-refractivity contribution in [3.05, 3.63) is 69.4 Å². The zero-order chi connectivity index (χ0) is 14.0. The molecule has 0 bridgehead atoms. The lowest BCUT2D eigenvalue weighted by atomic mass is 10.0. The second-order valence-electron chi connectivity index (χ2n) is 4.13. The van der Waals surface area contributed by atoms with E-state index in [2.05, 4.69) is 15.9 Å². The van der Waals surface area contributed by atoms with Gasteiger partial charge in [0.25, 0.3) is 0 Å². The Balaban J connectivity index is 2.20. The van der Waals surface area contributed by atoms with Gasteiger partial charge < -0.3 is 5.11 Å². The first kappa shape index (κ1) is 14.1. The van der Waals surface area contributed by atoms with Crippen LogP contribution in [0.5, 0.6) is 0 Å². The smallest absolute Gasteiger partial charge is 0.137 e. The molecular formula is C14H10BrF3O. The molecule has 1 atom stereocenters. The lowest BCUT2D eigenvalue weighted by Crippen LogP contribution is -2.05. The Hall–Kier alpha value is -1.33. The summed E-state index contributed by atoms with van der Waals surface area (Å²) in [6.07, 6.45) is -1.00. The van der Waals surface area contributed by atoms with E-state index in [4.69, 9.17) is 0 Å². The highest BCUT2D eigenvalue weighted by molar-refractivity contribution is 9.10. The van der Waals surface area contributed by atoms with Crippen LogP contribution in [0.25, 0.3) is 0 Å². The molecule has 1 N–H and O–H groups in total. The lowest BCUT2D eigenvalue weighted by molar-refractivity contribution is 0.173. The van der Waals surface area contributed by atoms with Gasteiger partial charge in [0.05, 0.1) is 10.6 Å². The molecule has 1 nitrogen and oxygen atoms in total. The fourth-order valence-electron chi connectivity index (χ4n) is 1.77. The molecule has 5 heteroatoms. The topological polar surface area (TPSA) is 20.2 Å². The number of benzene rings is 2. The van der Waals surface area contributed by atoms with E-state index < -0.39 is 23.6 Å². The molecule has 2 aromatic carbocycles. The minimum atomic E-state index is -1.11. The summed E-state index contributed by atoms with van der Waals surface area (Å²) in [5.41, 5.74) is 0.659. The van der Waals surface area contributed by atoms with Crippen LogP contribution in [0.3, 0.4) is 0 Å². The first-order valence-corrected chi connectivity index (χ1v) is 6.33. The van der Waals surface area contributed by atoms with E-state index in [1.807, 2.05) is 0 Å². The minimum absolute atomic E-state index is 0.0156. The summed E-state index contributed by atoms with van der Waals surface area (Å²) in [6.45, 7) is 0. The van der Waals surface area contributed by atoms with Gasteiger partial charge in [-0.15, -0.1) is 0 Å². The molecule has 0 fully saturated rings. The Labute approximate surface area is 116 Å². The highest BCUT2D eigenvalue weighted by Gasteiger charge is 2.14. The molecule has 0 radical (unpaired) electrons. The Kier molecular flexibility index (Phi) is 4.27. The molecule has 0 heterocycles. The van der Waals surface area contributed by atoms with Crippen LogP contribution in [0.1, 0.15) is 17.2 Å². The largest absolute Gasteiger partial charge is 0.388 e. The zero-order valence-corrected chi connectivity index (χ0v) is 11.3. The predicted octanol–water partition coefficient (Wildman–Crippen LogP) is 4.14. The van der Waals surface area contributed by atoms with Crippen molar-refractivity contribution in [3.8, 4) is 0 Å². The molecular weight excluding hydrogens is 321 g/mol. The zero-order valence-electron chi connectivity index (χ0n) is 9.71. The van der Waals surface area contributed by atoms with Gasteiger partial charge in [0.1, 0.15) is 17.5 Å². The fourth-order valence-corrected chi connectivity index (χ4v) is 2.20. The molecule has 1 unspecified atom stereocenters. The van der Waals surface area contributed by atoms with Gasteiger partial charge in [0.2, 0.25) is 0 Å². The van der Waals surface area contributed by atoms with Crippen LogP contribution < -0.4 is 0 Å². The summed E-state index contributed by atoms with van der Waals surface area (Å²) in [6, 6.07) is 7.28. The molecule has 0 aliphatic rings. The summed E-state index contributed by atoms with van der Waals surface area (Å²) in [7, 11) is 0. The third-order valence-corrected chi connectivity index (χ3v) is 3.34. The van der Waals surface area contributed by atoms with Crippen molar-refractivity contribution >= 4 is 15.9 Å². The number of aliphatic hydroxyl groups excluding tert-OH is 1. The summed E-state index contributed by atoms with van der Waals surface area (Å²) >= 11 is 3.04. The number of hydrogen-bond acceptors (Lipinski definition) is 1. The van der Waals surface area contributed by atoms with E-state index in [-0.39, 0.29) is 16.5 Å². The standard InChI is InChI=1S/C14H10BrF3O/c15-11-5-8(1-4-12(11)17)6-14(19)10-3-2-9(16)7-13(10)18/h1-5,7,14,19H,6H2. The molecule has 2 aromatic rings. The van der Waals surface area contributed by atoms with Crippen LogP contribution in [0.15, 0.2) is 40.9 Å². The van der Waals surface area contributed by atoms with Gasteiger partial charge in [-0.3, -0.25) is 0 Å². The lowest BCUT2D eigenvalue weighted by Gasteiger charge is -2.12. The maximum absolute atomic E-state index is 13.5. The molecule has 0 amide bonds. The summed E-state index contributed by atoms with van der Waals surface area (Å²) < 4.78 is 39.6. The molecule has 0 saturated heterocycles. The first-order chi connectivity index (χ1) is 8.97. The van der Waals surface area contributed by atoms with Gasteiger partial charge in [-0.05, 0) is 39.7 Å². The van der Waals surface area contributed by atoms with Crippen molar-refractivity contribution in [2.24, 2.45) is 0 Å². The highest BCUT2D eigenvalue weighted by atomic mass is 79.9. The summed E-state index contributed by atoms with van der Waals surface area (Å²) in [4.78, 5) is 0. The van der Waals surface area contributed by atoms with Crippen molar-refractivity contribution in [2.75, 3.05) is 0 Å². The van der Waals surface area contributed by atoms with Crippen molar-refractivity contribution in [1.82, 2.24) is 0 Å². The SMILES string of the molecule is OC(Cc1ccc(F)c(Br)c1)c1ccc(F)cc1F. The molecule has 0 spiro atoms. The van der Waals surface area contributed by atoms with Gasteiger partial charge >= 0.3 is 0 Å². The van der Waals surface area contributed by atoms with Gasteiger partial charge in [-0.1, -0.05) is 12.1 Å². The van der Waals surface area contributed by atoms with Crippen LogP contribution in [0.2, 0.25) is 0 Å². The maximum atomic E-state index is 13.5. The molecule has 0 aromatic heterocycles. The summed E-state index contributed by atoms with van der Waals surface area (Å²) in [5, 5.41) is 9.93. The Morgan fingerprint density at radius 2 is 1.74 bits per heavy atom. The molecule has 0 saturated carbocycles. The molecule has 2 rings (SSSR count). The number of rotatable bonds is 3.